The van der Waals surface area contributed by atoms with Crippen molar-refractivity contribution in [3.8, 4) is 5.75 Å². The van der Waals surface area contributed by atoms with Crippen LogP contribution in [0.25, 0.3) is 0 Å². The van der Waals surface area contributed by atoms with Gasteiger partial charge in [-0.1, -0.05) is 11.6 Å². The average molecular weight is 308 g/mol. The summed E-state index contributed by atoms with van der Waals surface area (Å²) in [6.45, 7) is 2.24. The Kier molecular flexibility index (Phi) is 8.56. The first-order valence-electron chi connectivity index (χ1n) is 5.69. The van der Waals surface area contributed by atoms with Gasteiger partial charge in [0, 0.05) is 11.1 Å². The zero-order chi connectivity index (χ0) is 13.5. The summed E-state index contributed by atoms with van der Waals surface area (Å²) in [6.07, 6.45) is 0. The zero-order valence-electron chi connectivity index (χ0n) is 11.3. The number of hydrogen-bond donors (Lipinski definition) is 0. The number of benzene rings is 1. The standard InChI is InChI=1S/C13H18ClNO3.ClH/c1-10(15(2)3)8-18-13(16)9-17-12-6-4-11(14)5-7-12;/h4-7,10H,8-9H2,1-3H3;1H. The largest absolute Gasteiger partial charge is 0.482 e. The first kappa shape index (κ1) is 18.0. The smallest absolute Gasteiger partial charge is 0.344 e. The number of nitrogens with zero attached hydrogens (tertiary/aromatic N) is 1. The van der Waals surface area contributed by atoms with Crippen LogP contribution < -0.4 is 4.74 Å². The van der Waals surface area contributed by atoms with Crippen LogP contribution in [0, 0.1) is 0 Å². The van der Waals surface area contributed by atoms with Gasteiger partial charge in [0.2, 0.25) is 0 Å². The summed E-state index contributed by atoms with van der Waals surface area (Å²) in [5.74, 6) is 0.218. The van der Waals surface area contributed by atoms with E-state index in [1.54, 1.807) is 24.3 Å². The van der Waals surface area contributed by atoms with E-state index in [9.17, 15) is 4.79 Å². The van der Waals surface area contributed by atoms with Crippen LogP contribution in [0.3, 0.4) is 0 Å². The van der Waals surface area contributed by atoms with Gasteiger partial charge in [0.25, 0.3) is 0 Å². The van der Waals surface area contributed by atoms with Gasteiger partial charge in [-0.2, -0.15) is 0 Å². The number of carbonyl (C=O) groups excluding carboxylic acids is 1. The molecule has 1 aromatic carbocycles. The molecule has 6 heteroatoms. The van der Waals surface area contributed by atoms with Crippen molar-refractivity contribution in [2.45, 2.75) is 13.0 Å². The van der Waals surface area contributed by atoms with Crippen molar-refractivity contribution >= 4 is 30.0 Å². The van der Waals surface area contributed by atoms with Gasteiger partial charge in [0.15, 0.2) is 6.61 Å². The quantitative estimate of drug-likeness (QED) is 0.757. The molecule has 1 atom stereocenters. The molecule has 0 spiro atoms. The molecular weight excluding hydrogens is 289 g/mol. The number of ether oxygens (including phenoxy) is 2. The van der Waals surface area contributed by atoms with Crippen molar-refractivity contribution in [2.24, 2.45) is 0 Å². The topological polar surface area (TPSA) is 38.8 Å². The molecule has 0 aromatic heterocycles. The first-order valence-corrected chi connectivity index (χ1v) is 6.07. The molecule has 1 aromatic rings. The Balaban J connectivity index is 0.00000324. The third kappa shape index (κ3) is 7.25. The number of halogens is 2. The number of esters is 1. The van der Waals surface area contributed by atoms with E-state index in [2.05, 4.69) is 0 Å². The van der Waals surface area contributed by atoms with Crippen molar-refractivity contribution in [2.75, 3.05) is 27.3 Å². The highest BCUT2D eigenvalue weighted by atomic mass is 35.5. The van der Waals surface area contributed by atoms with Crippen LogP contribution in [0.4, 0.5) is 0 Å². The summed E-state index contributed by atoms with van der Waals surface area (Å²) >= 11 is 5.74. The molecule has 0 heterocycles. The molecule has 0 N–H and O–H groups in total. The molecule has 1 rings (SSSR count). The second-order valence-electron chi connectivity index (χ2n) is 4.24. The van der Waals surface area contributed by atoms with Gasteiger partial charge in [-0.25, -0.2) is 4.79 Å². The summed E-state index contributed by atoms with van der Waals surface area (Å²) in [7, 11) is 3.87. The van der Waals surface area contributed by atoms with E-state index in [0.29, 0.717) is 17.4 Å². The van der Waals surface area contributed by atoms with Gasteiger partial charge in [-0.3, -0.25) is 0 Å². The highest BCUT2D eigenvalue weighted by Crippen LogP contribution is 2.15. The fourth-order valence-corrected chi connectivity index (χ4v) is 1.20. The van der Waals surface area contributed by atoms with E-state index >= 15 is 0 Å². The van der Waals surface area contributed by atoms with Crippen molar-refractivity contribution in [1.29, 1.82) is 0 Å². The maximum absolute atomic E-state index is 11.4. The second-order valence-corrected chi connectivity index (χ2v) is 4.67. The molecule has 0 fully saturated rings. The fraction of sp³-hybridized carbons (Fsp3) is 0.462. The maximum Gasteiger partial charge on any atom is 0.344 e. The number of rotatable bonds is 6. The maximum atomic E-state index is 11.4. The number of likely N-dealkylation sites (N-methyl/N-ethyl adjacent to an activating group) is 1. The van der Waals surface area contributed by atoms with Crippen LogP contribution >= 0.6 is 24.0 Å². The molecule has 4 nitrogen and oxygen atoms in total. The molecule has 0 amide bonds. The molecule has 0 bridgehead atoms. The summed E-state index contributed by atoms with van der Waals surface area (Å²) in [4.78, 5) is 13.4. The SMILES string of the molecule is CC(COC(=O)COc1ccc(Cl)cc1)N(C)C.Cl. The highest BCUT2D eigenvalue weighted by Gasteiger charge is 2.09. The Morgan fingerprint density at radius 1 is 1.32 bits per heavy atom. The average Bonchev–Trinajstić information content (AvgIpc) is 2.35. The molecular formula is C13H19Cl2NO3. The van der Waals surface area contributed by atoms with Crippen molar-refractivity contribution in [3.63, 3.8) is 0 Å². The first-order chi connectivity index (χ1) is 8.49. The fourth-order valence-electron chi connectivity index (χ4n) is 1.08. The van der Waals surface area contributed by atoms with E-state index in [4.69, 9.17) is 21.1 Å². The van der Waals surface area contributed by atoms with Crippen molar-refractivity contribution in [3.05, 3.63) is 29.3 Å². The normalized spacial score (nSPS) is 11.6. The molecule has 108 valence electrons. The Morgan fingerprint density at radius 2 is 1.89 bits per heavy atom. The number of hydrogen-bond acceptors (Lipinski definition) is 4. The Bertz CT molecular complexity index is 382. The second kappa shape index (κ2) is 9.02. The molecule has 19 heavy (non-hydrogen) atoms. The summed E-state index contributed by atoms with van der Waals surface area (Å²) < 4.78 is 10.3. The lowest BCUT2D eigenvalue weighted by Gasteiger charge is -2.19. The van der Waals surface area contributed by atoms with Crippen LogP contribution in [-0.4, -0.2) is 44.2 Å². The Hall–Kier alpha value is -0.970. The monoisotopic (exact) mass is 307 g/mol. The lowest BCUT2D eigenvalue weighted by Crippen LogP contribution is -2.31. The molecule has 0 aliphatic heterocycles. The molecule has 0 aliphatic carbocycles. The molecule has 0 saturated heterocycles. The minimum atomic E-state index is -0.376. The Labute approximate surface area is 125 Å². The van der Waals surface area contributed by atoms with E-state index in [1.807, 2.05) is 25.9 Å². The van der Waals surface area contributed by atoms with E-state index in [0.717, 1.165) is 0 Å². The van der Waals surface area contributed by atoms with Crippen LogP contribution in [0.5, 0.6) is 5.75 Å². The minimum absolute atomic E-state index is 0. The number of carbonyl (C=O) groups is 1. The molecule has 1 unspecified atom stereocenters. The zero-order valence-corrected chi connectivity index (χ0v) is 12.8. The highest BCUT2D eigenvalue weighted by molar-refractivity contribution is 6.30. The van der Waals surface area contributed by atoms with Crippen LogP contribution in [0.1, 0.15) is 6.92 Å². The lowest BCUT2D eigenvalue weighted by molar-refractivity contribution is -0.147. The third-order valence-electron chi connectivity index (χ3n) is 2.54. The van der Waals surface area contributed by atoms with Crippen LogP contribution in [0.15, 0.2) is 24.3 Å². The van der Waals surface area contributed by atoms with Gasteiger partial charge < -0.3 is 14.4 Å². The van der Waals surface area contributed by atoms with Gasteiger partial charge in [0.05, 0.1) is 0 Å². The summed E-state index contributed by atoms with van der Waals surface area (Å²) in [5, 5.41) is 0.629. The lowest BCUT2D eigenvalue weighted by atomic mass is 10.3. The van der Waals surface area contributed by atoms with Gasteiger partial charge in [-0.15, -0.1) is 12.4 Å². The predicted octanol–water partition coefficient (Wildman–Crippen LogP) is 2.63. The molecule has 0 aliphatic rings. The van der Waals surface area contributed by atoms with Gasteiger partial charge in [-0.05, 0) is 45.3 Å². The van der Waals surface area contributed by atoms with Crippen molar-refractivity contribution in [1.82, 2.24) is 4.90 Å². The van der Waals surface area contributed by atoms with Gasteiger partial charge >= 0.3 is 5.97 Å². The summed E-state index contributed by atoms with van der Waals surface area (Å²) in [6, 6.07) is 7.01. The summed E-state index contributed by atoms with van der Waals surface area (Å²) in [5.41, 5.74) is 0. The molecule has 0 radical (unpaired) electrons. The van der Waals surface area contributed by atoms with Gasteiger partial charge in [0.1, 0.15) is 12.4 Å². The Morgan fingerprint density at radius 3 is 2.42 bits per heavy atom. The predicted molar refractivity (Wildman–Crippen MR) is 78.3 cm³/mol. The van der Waals surface area contributed by atoms with E-state index in [1.165, 1.54) is 0 Å². The van der Waals surface area contributed by atoms with E-state index < -0.39 is 0 Å². The minimum Gasteiger partial charge on any atom is -0.482 e. The van der Waals surface area contributed by atoms with Crippen LogP contribution in [0.2, 0.25) is 5.02 Å². The van der Waals surface area contributed by atoms with Crippen molar-refractivity contribution < 1.29 is 14.3 Å². The van der Waals surface area contributed by atoms with Crippen LogP contribution in [-0.2, 0) is 9.53 Å². The third-order valence-corrected chi connectivity index (χ3v) is 2.79. The molecule has 0 saturated carbocycles. The van der Waals surface area contributed by atoms with E-state index in [-0.39, 0.29) is 31.0 Å².